The van der Waals surface area contributed by atoms with Crippen molar-refractivity contribution in [3.63, 3.8) is 0 Å². The van der Waals surface area contributed by atoms with Gasteiger partial charge < -0.3 is 11.1 Å². The number of likely N-dealkylation sites (tertiary alicyclic amines) is 1. The third-order valence-corrected chi connectivity index (χ3v) is 4.13. The molecular formula is C19H30N4. The Kier molecular flexibility index (Phi) is 7.14. The summed E-state index contributed by atoms with van der Waals surface area (Å²) in [4.78, 5) is 6.93. The van der Waals surface area contributed by atoms with Crippen molar-refractivity contribution in [2.75, 3.05) is 19.6 Å². The predicted molar refractivity (Wildman–Crippen MR) is 98.3 cm³/mol. The van der Waals surface area contributed by atoms with Crippen LogP contribution in [0.25, 0.3) is 0 Å². The number of nitrogens with two attached hydrogens (primary N) is 1. The standard InChI is InChI=1S/C19H30N4/c1-16(2)13-21-19(20)22-14-17-7-9-18(10-8-17)15-23-11-5-3-4-6-12-23/h7-10H,1,3-6,11-15H2,2H3,(H3,20,21,22). The van der Waals surface area contributed by atoms with Gasteiger partial charge in [-0.05, 0) is 44.0 Å². The molecule has 1 fully saturated rings. The van der Waals surface area contributed by atoms with Gasteiger partial charge in [0.15, 0.2) is 5.96 Å². The molecule has 1 saturated heterocycles. The van der Waals surface area contributed by atoms with Crippen LogP contribution in [0.2, 0.25) is 0 Å². The molecule has 0 aliphatic carbocycles. The minimum atomic E-state index is 0.474. The minimum Gasteiger partial charge on any atom is -0.370 e. The van der Waals surface area contributed by atoms with Crippen LogP contribution in [0.5, 0.6) is 0 Å². The van der Waals surface area contributed by atoms with Crippen LogP contribution in [0.15, 0.2) is 41.4 Å². The number of hydrogen-bond donors (Lipinski definition) is 2. The Balaban J connectivity index is 1.81. The smallest absolute Gasteiger partial charge is 0.189 e. The third-order valence-electron chi connectivity index (χ3n) is 4.13. The first-order chi connectivity index (χ1) is 11.1. The number of guanidine groups is 1. The lowest BCUT2D eigenvalue weighted by atomic mass is 10.1. The van der Waals surface area contributed by atoms with Gasteiger partial charge in [-0.25, -0.2) is 4.99 Å². The summed E-state index contributed by atoms with van der Waals surface area (Å²) in [5, 5.41) is 3.05. The SMILES string of the molecule is C=C(C)CNC(N)=NCc1ccc(CN2CCCCCC2)cc1. The Labute approximate surface area is 140 Å². The molecule has 0 radical (unpaired) electrons. The van der Waals surface area contributed by atoms with Gasteiger partial charge in [0.25, 0.3) is 0 Å². The van der Waals surface area contributed by atoms with Gasteiger partial charge in [-0.2, -0.15) is 0 Å². The normalized spacial score (nSPS) is 16.8. The third kappa shape index (κ3) is 6.87. The van der Waals surface area contributed by atoms with E-state index in [9.17, 15) is 0 Å². The van der Waals surface area contributed by atoms with Crippen molar-refractivity contribution in [1.82, 2.24) is 10.2 Å². The number of aliphatic imine (C=N–C) groups is 1. The van der Waals surface area contributed by atoms with Crippen molar-refractivity contribution in [1.29, 1.82) is 0 Å². The average Bonchev–Trinajstić information content (AvgIpc) is 2.81. The molecule has 1 aliphatic rings. The molecule has 23 heavy (non-hydrogen) atoms. The molecule has 1 aromatic carbocycles. The van der Waals surface area contributed by atoms with E-state index in [0.717, 1.165) is 12.1 Å². The van der Waals surface area contributed by atoms with Crippen LogP contribution in [0.1, 0.15) is 43.7 Å². The fraction of sp³-hybridized carbons (Fsp3) is 0.526. The maximum absolute atomic E-state index is 5.83. The van der Waals surface area contributed by atoms with Crippen LogP contribution < -0.4 is 11.1 Å². The Hall–Kier alpha value is -1.81. The molecule has 4 heteroatoms. The summed E-state index contributed by atoms with van der Waals surface area (Å²) in [6, 6.07) is 8.74. The summed E-state index contributed by atoms with van der Waals surface area (Å²) in [6.07, 6.45) is 5.44. The van der Waals surface area contributed by atoms with Gasteiger partial charge in [-0.15, -0.1) is 0 Å². The molecule has 2 rings (SSSR count). The lowest BCUT2D eigenvalue weighted by molar-refractivity contribution is 0.277. The summed E-state index contributed by atoms with van der Waals surface area (Å²) in [5.74, 6) is 0.474. The zero-order valence-corrected chi connectivity index (χ0v) is 14.4. The van der Waals surface area contributed by atoms with E-state index in [1.54, 1.807) is 0 Å². The predicted octanol–water partition coefficient (Wildman–Crippen LogP) is 3.04. The lowest BCUT2D eigenvalue weighted by Gasteiger charge is -2.19. The Morgan fingerprint density at radius 1 is 1.13 bits per heavy atom. The van der Waals surface area contributed by atoms with E-state index in [1.165, 1.54) is 49.9 Å². The molecule has 1 heterocycles. The molecule has 1 aliphatic heterocycles. The number of hydrogen-bond acceptors (Lipinski definition) is 2. The van der Waals surface area contributed by atoms with E-state index in [1.807, 2.05) is 6.92 Å². The summed E-state index contributed by atoms with van der Waals surface area (Å²) in [5.41, 5.74) is 9.44. The highest BCUT2D eigenvalue weighted by molar-refractivity contribution is 5.78. The molecule has 0 saturated carbocycles. The monoisotopic (exact) mass is 314 g/mol. The van der Waals surface area contributed by atoms with Crippen LogP contribution in [0.4, 0.5) is 0 Å². The highest BCUT2D eigenvalue weighted by Crippen LogP contribution is 2.14. The average molecular weight is 314 g/mol. The van der Waals surface area contributed by atoms with Gasteiger partial charge in [-0.3, -0.25) is 4.90 Å². The zero-order valence-electron chi connectivity index (χ0n) is 14.4. The minimum absolute atomic E-state index is 0.474. The maximum Gasteiger partial charge on any atom is 0.189 e. The molecule has 4 nitrogen and oxygen atoms in total. The lowest BCUT2D eigenvalue weighted by Crippen LogP contribution is -2.32. The Bertz CT molecular complexity index is 511. The molecule has 0 unspecified atom stereocenters. The van der Waals surface area contributed by atoms with Crippen molar-refractivity contribution in [3.05, 3.63) is 47.5 Å². The molecule has 0 aromatic heterocycles. The second-order valence-electron chi connectivity index (χ2n) is 6.52. The maximum atomic E-state index is 5.83. The molecule has 0 spiro atoms. The molecular weight excluding hydrogens is 284 g/mol. The van der Waals surface area contributed by atoms with Crippen molar-refractivity contribution >= 4 is 5.96 Å². The summed E-state index contributed by atoms with van der Waals surface area (Å²) in [7, 11) is 0. The second kappa shape index (κ2) is 9.36. The summed E-state index contributed by atoms with van der Waals surface area (Å²) >= 11 is 0. The van der Waals surface area contributed by atoms with Gasteiger partial charge in [0.05, 0.1) is 6.54 Å². The molecule has 3 N–H and O–H groups in total. The fourth-order valence-corrected chi connectivity index (χ4v) is 2.78. The largest absolute Gasteiger partial charge is 0.370 e. The van der Waals surface area contributed by atoms with Gasteiger partial charge in [0.1, 0.15) is 0 Å². The van der Waals surface area contributed by atoms with Gasteiger partial charge in [0.2, 0.25) is 0 Å². The Morgan fingerprint density at radius 3 is 2.35 bits per heavy atom. The van der Waals surface area contributed by atoms with Crippen LogP contribution in [-0.2, 0) is 13.1 Å². The molecule has 1 aromatic rings. The van der Waals surface area contributed by atoms with Crippen molar-refractivity contribution in [3.8, 4) is 0 Å². The summed E-state index contributed by atoms with van der Waals surface area (Å²) < 4.78 is 0. The molecule has 126 valence electrons. The van der Waals surface area contributed by atoms with Crippen LogP contribution in [0, 0.1) is 0 Å². The number of rotatable bonds is 6. The molecule has 0 bridgehead atoms. The number of nitrogens with zero attached hydrogens (tertiary/aromatic N) is 2. The highest BCUT2D eigenvalue weighted by atomic mass is 15.1. The topological polar surface area (TPSA) is 53.6 Å². The first-order valence-corrected chi connectivity index (χ1v) is 8.62. The van der Waals surface area contributed by atoms with Crippen molar-refractivity contribution in [2.45, 2.75) is 45.7 Å². The van der Waals surface area contributed by atoms with E-state index >= 15 is 0 Å². The number of nitrogens with one attached hydrogen (secondary N) is 1. The van der Waals surface area contributed by atoms with E-state index in [2.05, 4.69) is 46.1 Å². The first kappa shape index (κ1) is 17.5. The van der Waals surface area contributed by atoms with Crippen LogP contribution in [-0.4, -0.2) is 30.5 Å². The Morgan fingerprint density at radius 2 is 1.74 bits per heavy atom. The van der Waals surface area contributed by atoms with E-state index in [4.69, 9.17) is 5.73 Å². The van der Waals surface area contributed by atoms with Gasteiger partial charge >= 0.3 is 0 Å². The fourth-order valence-electron chi connectivity index (χ4n) is 2.78. The molecule has 0 amide bonds. The second-order valence-corrected chi connectivity index (χ2v) is 6.52. The van der Waals surface area contributed by atoms with E-state index in [-0.39, 0.29) is 0 Å². The quantitative estimate of drug-likeness (QED) is 0.482. The van der Waals surface area contributed by atoms with E-state index in [0.29, 0.717) is 19.0 Å². The van der Waals surface area contributed by atoms with Crippen molar-refractivity contribution in [2.24, 2.45) is 10.7 Å². The van der Waals surface area contributed by atoms with Gasteiger partial charge in [-0.1, -0.05) is 49.3 Å². The van der Waals surface area contributed by atoms with Crippen LogP contribution in [0.3, 0.4) is 0 Å². The van der Waals surface area contributed by atoms with E-state index < -0.39 is 0 Å². The molecule has 0 atom stereocenters. The van der Waals surface area contributed by atoms with Gasteiger partial charge in [0, 0.05) is 13.1 Å². The highest BCUT2D eigenvalue weighted by Gasteiger charge is 2.09. The van der Waals surface area contributed by atoms with Crippen LogP contribution >= 0.6 is 0 Å². The first-order valence-electron chi connectivity index (χ1n) is 8.62. The number of benzene rings is 1. The van der Waals surface area contributed by atoms with Crippen molar-refractivity contribution < 1.29 is 0 Å². The zero-order chi connectivity index (χ0) is 16.5. The summed E-state index contributed by atoms with van der Waals surface area (Å²) in [6.45, 7) is 10.6.